The molecular formula is C9H8FN3O. The molecule has 0 fully saturated rings. The highest BCUT2D eigenvalue weighted by Crippen LogP contribution is 2.17. The summed E-state index contributed by atoms with van der Waals surface area (Å²) in [6.07, 6.45) is 1.25. The number of H-pyrrole nitrogens is 1. The zero-order valence-corrected chi connectivity index (χ0v) is 7.47. The maximum absolute atomic E-state index is 13.2. The predicted molar refractivity (Wildman–Crippen MR) is 51.9 cm³/mol. The molecule has 14 heavy (non-hydrogen) atoms. The van der Waals surface area contributed by atoms with Gasteiger partial charge in [0, 0.05) is 13.1 Å². The molecule has 0 unspecified atom stereocenters. The van der Waals surface area contributed by atoms with Gasteiger partial charge in [0.15, 0.2) is 0 Å². The molecule has 0 atom stereocenters. The summed E-state index contributed by atoms with van der Waals surface area (Å²) in [7, 11) is 1.59. The summed E-state index contributed by atoms with van der Waals surface area (Å²) in [5, 5.41) is 3.03. The molecule has 1 aromatic heterocycles. The number of halogens is 1. The van der Waals surface area contributed by atoms with Crippen molar-refractivity contribution >= 4 is 16.6 Å². The molecule has 5 heteroatoms. The van der Waals surface area contributed by atoms with E-state index in [2.05, 4.69) is 15.3 Å². The predicted octanol–water partition coefficient (Wildman–Crippen LogP) is 1.10. The molecule has 0 aliphatic rings. The molecule has 0 spiro atoms. The Balaban J connectivity index is 2.87. The lowest BCUT2D eigenvalue weighted by atomic mass is 10.2. The van der Waals surface area contributed by atoms with Gasteiger partial charge in [0.25, 0.3) is 5.56 Å². The average Bonchev–Trinajstić information content (AvgIpc) is 2.17. The van der Waals surface area contributed by atoms with Crippen molar-refractivity contribution in [1.82, 2.24) is 9.97 Å². The van der Waals surface area contributed by atoms with Gasteiger partial charge in [0.05, 0.1) is 22.9 Å². The Morgan fingerprint density at radius 1 is 1.50 bits per heavy atom. The highest BCUT2D eigenvalue weighted by atomic mass is 19.1. The molecule has 2 aromatic rings. The van der Waals surface area contributed by atoms with Gasteiger partial charge in [-0.15, -0.1) is 0 Å². The summed E-state index contributed by atoms with van der Waals surface area (Å²) in [6, 6.07) is 2.67. The Bertz CT molecular complexity index is 535. The number of fused-ring (bicyclic) bond motifs is 1. The fourth-order valence-electron chi connectivity index (χ4n) is 1.28. The number of hydrogen-bond acceptors (Lipinski definition) is 3. The van der Waals surface area contributed by atoms with Gasteiger partial charge in [-0.05, 0) is 6.07 Å². The van der Waals surface area contributed by atoms with Crippen molar-refractivity contribution in [1.29, 1.82) is 0 Å². The molecule has 0 saturated heterocycles. The second-order valence-corrected chi connectivity index (χ2v) is 2.83. The van der Waals surface area contributed by atoms with Crippen LogP contribution < -0.4 is 10.9 Å². The van der Waals surface area contributed by atoms with Gasteiger partial charge >= 0.3 is 0 Å². The van der Waals surface area contributed by atoms with Crippen molar-refractivity contribution in [3.63, 3.8) is 0 Å². The Morgan fingerprint density at radius 2 is 2.29 bits per heavy atom. The Kier molecular flexibility index (Phi) is 1.92. The Hall–Kier alpha value is -1.91. The molecule has 72 valence electrons. The molecule has 2 N–H and O–H groups in total. The van der Waals surface area contributed by atoms with Crippen LogP contribution in [-0.4, -0.2) is 17.0 Å². The van der Waals surface area contributed by atoms with Gasteiger partial charge in [0.1, 0.15) is 5.82 Å². The Labute approximate surface area is 78.8 Å². The number of hydrogen-bond donors (Lipinski definition) is 2. The molecule has 2 rings (SSSR count). The first-order valence-electron chi connectivity index (χ1n) is 4.07. The van der Waals surface area contributed by atoms with Crippen LogP contribution in [0.5, 0.6) is 0 Å². The lowest BCUT2D eigenvalue weighted by Gasteiger charge is -2.02. The maximum atomic E-state index is 13.2. The standard InChI is InChI=1S/C9H8FN3O/c1-11-8-2-5-7(3-6(8)10)12-4-13-9(5)14/h2-4,11H,1H3,(H,12,13,14). The first kappa shape index (κ1) is 8.68. The summed E-state index contributed by atoms with van der Waals surface area (Å²) in [5.41, 5.74) is 0.368. The zero-order valence-electron chi connectivity index (χ0n) is 7.47. The van der Waals surface area contributed by atoms with Crippen molar-refractivity contribution in [2.45, 2.75) is 0 Å². The van der Waals surface area contributed by atoms with Gasteiger partial charge in [-0.3, -0.25) is 4.79 Å². The molecule has 1 heterocycles. The molecule has 0 aliphatic heterocycles. The lowest BCUT2D eigenvalue weighted by Crippen LogP contribution is -2.07. The molecule has 4 nitrogen and oxygen atoms in total. The van der Waals surface area contributed by atoms with Crippen molar-refractivity contribution < 1.29 is 4.39 Å². The second kappa shape index (κ2) is 3.10. The zero-order chi connectivity index (χ0) is 10.1. The topological polar surface area (TPSA) is 57.8 Å². The summed E-state index contributed by atoms with van der Waals surface area (Å²) in [6.45, 7) is 0. The van der Waals surface area contributed by atoms with E-state index in [4.69, 9.17) is 0 Å². The molecule has 0 saturated carbocycles. The fraction of sp³-hybridized carbons (Fsp3) is 0.111. The van der Waals surface area contributed by atoms with E-state index < -0.39 is 5.82 Å². The van der Waals surface area contributed by atoms with Crippen molar-refractivity contribution in [2.24, 2.45) is 0 Å². The lowest BCUT2D eigenvalue weighted by molar-refractivity contribution is 0.633. The number of nitrogens with one attached hydrogen (secondary N) is 2. The summed E-state index contributed by atoms with van der Waals surface area (Å²) < 4.78 is 13.2. The van der Waals surface area contributed by atoms with E-state index in [0.29, 0.717) is 10.9 Å². The van der Waals surface area contributed by atoms with Crippen molar-refractivity contribution in [3.8, 4) is 0 Å². The normalized spacial score (nSPS) is 10.4. The van der Waals surface area contributed by atoms with Crippen LogP contribution in [0.25, 0.3) is 10.9 Å². The van der Waals surface area contributed by atoms with Crippen LogP contribution in [0, 0.1) is 5.82 Å². The van der Waals surface area contributed by atoms with Crippen molar-refractivity contribution in [3.05, 3.63) is 34.6 Å². The largest absolute Gasteiger partial charge is 0.386 e. The third-order valence-corrected chi connectivity index (χ3v) is 2.00. The highest BCUT2D eigenvalue weighted by molar-refractivity contribution is 5.81. The van der Waals surface area contributed by atoms with Crippen LogP contribution in [0.1, 0.15) is 0 Å². The Morgan fingerprint density at radius 3 is 3.00 bits per heavy atom. The molecule has 1 aromatic carbocycles. The minimum absolute atomic E-state index is 0.272. The van der Waals surface area contributed by atoms with Gasteiger partial charge in [-0.1, -0.05) is 0 Å². The first-order valence-corrected chi connectivity index (χ1v) is 4.07. The molecule has 0 bridgehead atoms. The summed E-state index contributed by atoms with van der Waals surface area (Å²) in [5.74, 6) is -0.418. The van der Waals surface area contributed by atoms with E-state index in [1.807, 2.05) is 0 Å². The van der Waals surface area contributed by atoms with Crippen LogP contribution in [-0.2, 0) is 0 Å². The third kappa shape index (κ3) is 1.22. The molecule has 0 radical (unpaired) electrons. The molecule has 0 amide bonds. The van der Waals surface area contributed by atoms with Gasteiger partial charge in [-0.25, -0.2) is 9.37 Å². The number of rotatable bonds is 1. The van der Waals surface area contributed by atoms with Crippen LogP contribution >= 0.6 is 0 Å². The summed E-state index contributed by atoms with van der Waals surface area (Å²) in [4.78, 5) is 17.6. The van der Waals surface area contributed by atoms with E-state index in [1.165, 1.54) is 18.5 Å². The number of aromatic amines is 1. The maximum Gasteiger partial charge on any atom is 0.258 e. The number of benzene rings is 1. The monoisotopic (exact) mass is 193 g/mol. The SMILES string of the molecule is CNc1cc2c(=O)[nH]cnc2cc1F. The quantitative estimate of drug-likeness (QED) is 0.713. The van der Waals surface area contributed by atoms with Crippen LogP contribution in [0.4, 0.5) is 10.1 Å². The van der Waals surface area contributed by atoms with Crippen LogP contribution in [0.3, 0.4) is 0 Å². The minimum Gasteiger partial charge on any atom is -0.386 e. The van der Waals surface area contributed by atoms with Gasteiger partial charge in [0.2, 0.25) is 0 Å². The van der Waals surface area contributed by atoms with E-state index in [9.17, 15) is 9.18 Å². The third-order valence-electron chi connectivity index (χ3n) is 2.00. The van der Waals surface area contributed by atoms with E-state index >= 15 is 0 Å². The fourth-order valence-corrected chi connectivity index (χ4v) is 1.28. The number of anilines is 1. The van der Waals surface area contributed by atoms with E-state index in [1.54, 1.807) is 7.05 Å². The van der Waals surface area contributed by atoms with Crippen molar-refractivity contribution in [2.75, 3.05) is 12.4 Å². The second-order valence-electron chi connectivity index (χ2n) is 2.83. The van der Waals surface area contributed by atoms with Gasteiger partial charge < -0.3 is 10.3 Å². The van der Waals surface area contributed by atoms with Crippen LogP contribution in [0.15, 0.2) is 23.3 Å². The molecule has 0 aliphatic carbocycles. The van der Waals surface area contributed by atoms with Gasteiger partial charge in [-0.2, -0.15) is 0 Å². The molecular weight excluding hydrogens is 185 g/mol. The number of nitrogens with zero attached hydrogens (tertiary/aromatic N) is 1. The minimum atomic E-state index is -0.418. The average molecular weight is 193 g/mol. The summed E-state index contributed by atoms with van der Waals surface area (Å²) >= 11 is 0. The highest BCUT2D eigenvalue weighted by Gasteiger charge is 2.05. The number of aromatic nitrogens is 2. The first-order chi connectivity index (χ1) is 6.72. The van der Waals surface area contributed by atoms with Crippen LogP contribution in [0.2, 0.25) is 0 Å². The smallest absolute Gasteiger partial charge is 0.258 e. The van der Waals surface area contributed by atoms with E-state index in [0.717, 1.165) is 0 Å². The van der Waals surface area contributed by atoms with E-state index in [-0.39, 0.29) is 11.2 Å².